The Morgan fingerprint density at radius 1 is 1.37 bits per heavy atom. The van der Waals surface area contributed by atoms with Gasteiger partial charge in [0.15, 0.2) is 0 Å². The van der Waals surface area contributed by atoms with Gasteiger partial charge in [0, 0.05) is 38.5 Å². The van der Waals surface area contributed by atoms with Crippen molar-refractivity contribution in [2.45, 2.75) is 19.1 Å². The average Bonchev–Trinajstić information content (AvgIpc) is 2.77. The number of alkyl halides is 3. The highest BCUT2D eigenvalue weighted by atomic mass is 19.4. The second kappa shape index (κ2) is 8.13. The maximum atomic E-state index is 11.8. The summed E-state index contributed by atoms with van der Waals surface area (Å²) < 4.78 is 44.9. The predicted octanol–water partition coefficient (Wildman–Crippen LogP) is 1.27. The molecule has 19 heavy (non-hydrogen) atoms. The molecule has 0 spiro atoms. The third-order valence-corrected chi connectivity index (χ3v) is 2.23. The Bertz CT molecular complexity index is 355. The summed E-state index contributed by atoms with van der Waals surface area (Å²) in [5.41, 5.74) is 0.877. The van der Waals surface area contributed by atoms with Crippen molar-refractivity contribution in [3.8, 4) is 0 Å². The topological polar surface area (TPSA) is 59.2 Å². The van der Waals surface area contributed by atoms with Gasteiger partial charge in [0.1, 0.15) is 12.4 Å². The van der Waals surface area contributed by atoms with Crippen LogP contribution in [0.1, 0.15) is 11.5 Å². The van der Waals surface area contributed by atoms with Crippen LogP contribution in [0.4, 0.5) is 13.2 Å². The fraction of sp³-hybridized carbons (Fsp3) is 0.727. The van der Waals surface area contributed by atoms with Crippen molar-refractivity contribution >= 4 is 0 Å². The van der Waals surface area contributed by atoms with Crippen LogP contribution >= 0.6 is 0 Å². The van der Waals surface area contributed by atoms with Crippen molar-refractivity contribution < 1.29 is 22.6 Å². The Morgan fingerprint density at radius 2 is 2.16 bits per heavy atom. The van der Waals surface area contributed by atoms with E-state index in [1.165, 1.54) is 0 Å². The van der Waals surface area contributed by atoms with E-state index in [1.54, 1.807) is 13.3 Å². The lowest BCUT2D eigenvalue weighted by atomic mass is 10.4. The summed E-state index contributed by atoms with van der Waals surface area (Å²) in [5, 5.41) is 3.13. The molecule has 0 bridgehead atoms. The quantitative estimate of drug-likeness (QED) is 0.669. The van der Waals surface area contributed by atoms with Gasteiger partial charge in [-0.15, -0.1) is 0 Å². The Hall–Kier alpha value is -1.12. The number of nitrogens with zero attached hydrogens (tertiary/aromatic N) is 1. The molecule has 1 aromatic heterocycles. The molecule has 1 aromatic rings. The molecule has 0 radical (unpaired) electrons. The number of ether oxygens (including phenoxy) is 2. The van der Waals surface area contributed by atoms with Crippen molar-refractivity contribution in [1.29, 1.82) is 0 Å². The Balaban J connectivity index is 2.16. The van der Waals surface area contributed by atoms with E-state index in [-0.39, 0.29) is 6.61 Å². The largest absolute Gasteiger partial charge is 0.411 e. The van der Waals surface area contributed by atoms with Crippen LogP contribution in [0.5, 0.6) is 0 Å². The Kier molecular flexibility index (Phi) is 6.82. The van der Waals surface area contributed by atoms with E-state index >= 15 is 0 Å². The summed E-state index contributed by atoms with van der Waals surface area (Å²) in [5.74, 6) is 0.616. The number of methoxy groups -OCH3 is 1. The number of nitrogens with one attached hydrogen (secondary N) is 2. The third-order valence-electron chi connectivity index (χ3n) is 2.23. The second-order valence-corrected chi connectivity index (χ2v) is 3.94. The van der Waals surface area contributed by atoms with Gasteiger partial charge in [-0.2, -0.15) is 13.2 Å². The zero-order valence-corrected chi connectivity index (χ0v) is 10.7. The molecule has 0 saturated heterocycles. The van der Waals surface area contributed by atoms with Gasteiger partial charge in [-0.3, -0.25) is 0 Å². The number of aromatic amines is 1. The average molecular weight is 281 g/mol. The lowest BCUT2D eigenvalue weighted by Crippen LogP contribution is -2.19. The monoisotopic (exact) mass is 281 g/mol. The zero-order chi connectivity index (χ0) is 14.1. The summed E-state index contributed by atoms with van der Waals surface area (Å²) >= 11 is 0. The molecule has 1 rings (SSSR count). The Morgan fingerprint density at radius 3 is 2.84 bits per heavy atom. The molecular formula is C11H18F3N3O2. The molecule has 0 aliphatic carbocycles. The van der Waals surface area contributed by atoms with Crippen LogP contribution in [0.3, 0.4) is 0 Å². The maximum absolute atomic E-state index is 11.8. The second-order valence-electron chi connectivity index (χ2n) is 3.94. The summed E-state index contributed by atoms with van der Waals surface area (Å²) in [6, 6.07) is 0. The lowest BCUT2D eigenvalue weighted by Gasteiger charge is -2.06. The highest BCUT2D eigenvalue weighted by Crippen LogP contribution is 2.14. The van der Waals surface area contributed by atoms with Crippen LogP contribution in [0, 0.1) is 0 Å². The van der Waals surface area contributed by atoms with Gasteiger partial charge in [0.2, 0.25) is 0 Å². The van der Waals surface area contributed by atoms with Crippen molar-refractivity contribution in [3.63, 3.8) is 0 Å². The zero-order valence-electron chi connectivity index (χ0n) is 10.7. The first kappa shape index (κ1) is 15.9. The number of imidazole rings is 1. The van der Waals surface area contributed by atoms with Gasteiger partial charge >= 0.3 is 6.18 Å². The van der Waals surface area contributed by atoms with Crippen LogP contribution in [0.2, 0.25) is 0 Å². The van der Waals surface area contributed by atoms with Crippen molar-refractivity contribution in [1.82, 2.24) is 15.3 Å². The normalized spacial score (nSPS) is 12.0. The molecule has 0 aromatic carbocycles. The fourth-order valence-electron chi connectivity index (χ4n) is 1.38. The van der Waals surface area contributed by atoms with E-state index in [9.17, 15) is 13.2 Å². The number of H-pyrrole nitrogens is 1. The SMILES string of the molecule is COCCNCc1cnc(CCOCC(F)(F)F)[nH]1. The van der Waals surface area contributed by atoms with Crippen LogP contribution in [0.15, 0.2) is 6.20 Å². The van der Waals surface area contributed by atoms with Crippen LogP contribution in [-0.4, -0.2) is 49.6 Å². The standard InChI is InChI=1S/C11H18F3N3O2/c1-18-5-3-15-6-9-7-16-10(17-9)2-4-19-8-11(12,13)14/h7,15H,2-6,8H2,1H3,(H,16,17). The van der Waals surface area contributed by atoms with Gasteiger partial charge < -0.3 is 19.8 Å². The Labute approximate surface area is 109 Å². The van der Waals surface area contributed by atoms with Crippen LogP contribution in [-0.2, 0) is 22.4 Å². The molecule has 0 atom stereocenters. The van der Waals surface area contributed by atoms with E-state index in [2.05, 4.69) is 20.0 Å². The van der Waals surface area contributed by atoms with Crippen molar-refractivity contribution in [2.24, 2.45) is 0 Å². The highest BCUT2D eigenvalue weighted by Gasteiger charge is 2.27. The lowest BCUT2D eigenvalue weighted by molar-refractivity contribution is -0.173. The van der Waals surface area contributed by atoms with Crippen LogP contribution < -0.4 is 5.32 Å². The minimum absolute atomic E-state index is 0.0104. The molecule has 8 heteroatoms. The number of hydrogen-bond acceptors (Lipinski definition) is 4. The molecule has 2 N–H and O–H groups in total. The first-order valence-electron chi connectivity index (χ1n) is 5.88. The summed E-state index contributed by atoms with van der Waals surface area (Å²) in [6.07, 6.45) is -2.30. The van der Waals surface area contributed by atoms with Crippen molar-refractivity contribution in [2.75, 3.05) is 33.5 Å². The first-order valence-corrected chi connectivity index (χ1v) is 5.88. The van der Waals surface area contributed by atoms with E-state index < -0.39 is 12.8 Å². The van der Waals surface area contributed by atoms with Gasteiger partial charge in [-0.1, -0.05) is 0 Å². The van der Waals surface area contributed by atoms with Gasteiger partial charge in [-0.25, -0.2) is 4.98 Å². The molecule has 1 heterocycles. The molecule has 5 nitrogen and oxygen atoms in total. The third kappa shape index (κ3) is 7.81. The number of aromatic nitrogens is 2. The minimum Gasteiger partial charge on any atom is -0.383 e. The van der Waals surface area contributed by atoms with E-state index in [0.29, 0.717) is 25.4 Å². The molecular weight excluding hydrogens is 263 g/mol. The minimum atomic E-state index is -4.28. The summed E-state index contributed by atoms with van der Waals surface area (Å²) in [7, 11) is 1.62. The molecule has 0 fully saturated rings. The number of halogens is 3. The van der Waals surface area contributed by atoms with Gasteiger partial charge in [0.25, 0.3) is 0 Å². The number of hydrogen-bond donors (Lipinski definition) is 2. The maximum Gasteiger partial charge on any atom is 0.411 e. The first-order chi connectivity index (χ1) is 9.01. The smallest absolute Gasteiger partial charge is 0.383 e. The van der Waals surface area contributed by atoms with Gasteiger partial charge in [0.05, 0.1) is 13.2 Å². The molecule has 0 aliphatic heterocycles. The van der Waals surface area contributed by atoms with E-state index in [0.717, 1.165) is 12.2 Å². The van der Waals surface area contributed by atoms with Gasteiger partial charge in [-0.05, 0) is 0 Å². The predicted molar refractivity (Wildman–Crippen MR) is 62.7 cm³/mol. The summed E-state index contributed by atoms with van der Waals surface area (Å²) in [6.45, 7) is 0.717. The van der Waals surface area contributed by atoms with E-state index in [1.807, 2.05) is 0 Å². The van der Waals surface area contributed by atoms with Crippen molar-refractivity contribution in [3.05, 3.63) is 17.7 Å². The number of rotatable bonds is 9. The highest BCUT2D eigenvalue weighted by molar-refractivity contribution is 5.01. The molecule has 0 aliphatic rings. The molecule has 110 valence electrons. The van der Waals surface area contributed by atoms with Crippen LogP contribution in [0.25, 0.3) is 0 Å². The fourth-order valence-corrected chi connectivity index (χ4v) is 1.38. The summed E-state index contributed by atoms with van der Waals surface area (Å²) in [4.78, 5) is 7.07. The molecule has 0 saturated carbocycles. The molecule has 0 unspecified atom stereocenters. The molecule has 0 amide bonds. The van der Waals surface area contributed by atoms with E-state index in [4.69, 9.17) is 4.74 Å².